The lowest BCUT2D eigenvalue weighted by molar-refractivity contribution is 0.207. The summed E-state index contributed by atoms with van der Waals surface area (Å²) < 4.78 is 11.5. The molecule has 0 radical (unpaired) electrons. The molecule has 0 heterocycles. The summed E-state index contributed by atoms with van der Waals surface area (Å²) in [6.07, 6.45) is 4.40. The van der Waals surface area contributed by atoms with Crippen molar-refractivity contribution in [1.29, 1.82) is 0 Å². The van der Waals surface area contributed by atoms with E-state index in [2.05, 4.69) is 0 Å². The first-order valence-electron chi connectivity index (χ1n) is 4.95. The van der Waals surface area contributed by atoms with E-state index in [1.54, 1.807) is 0 Å². The minimum atomic E-state index is -0.870. The molecule has 1 saturated carbocycles. The van der Waals surface area contributed by atoms with Crippen LogP contribution in [-0.2, 0) is 10.8 Å². The largest absolute Gasteiger partial charge is 0.391 e. The van der Waals surface area contributed by atoms with Crippen molar-refractivity contribution < 1.29 is 9.32 Å². The molecule has 1 rings (SSSR count). The summed E-state index contributed by atoms with van der Waals surface area (Å²) in [7, 11) is -0.870. The van der Waals surface area contributed by atoms with Crippen molar-refractivity contribution in [2.45, 2.75) is 31.8 Å². The maximum Gasteiger partial charge on any atom is 0.0777 e. The highest BCUT2D eigenvalue weighted by molar-refractivity contribution is 7.85. The van der Waals surface area contributed by atoms with E-state index in [1.165, 1.54) is 25.7 Å². The molecule has 0 aliphatic heterocycles. The zero-order valence-electron chi connectivity index (χ0n) is 7.95. The van der Waals surface area contributed by atoms with Crippen LogP contribution in [0, 0.1) is 5.92 Å². The van der Waals surface area contributed by atoms with Crippen molar-refractivity contribution >= 4 is 10.8 Å². The van der Waals surface area contributed by atoms with Crippen LogP contribution in [0.25, 0.3) is 0 Å². The van der Waals surface area contributed by atoms with Gasteiger partial charge in [-0.3, -0.25) is 4.21 Å². The van der Waals surface area contributed by atoms with Crippen LogP contribution in [0.4, 0.5) is 0 Å². The number of aliphatic hydroxyl groups is 1. The van der Waals surface area contributed by atoms with Crippen molar-refractivity contribution in [3.63, 3.8) is 0 Å². The molecule has 0 aromatic rings. The van der Waals surface area contributed by atoms with Crippen LogP contribution in [-0.4, -0.2) is 33.5 Å². The molecule has 0 saturated heterocycles. The van der Waals surface area contributed by atoms with Gasteiger partial charge in [0.25, 0.3) is 0 Å². The third-order valence-electron chi connectivity index (χ3n) is 2.55. The fourth-order valence-corrected chi connectivity index (χ4v) is 3.35. The van der Waals surface area contributed by atoms with Gasteiger partial charge in [0.05, 0.1) is 11.9 Å². The average Bonchev–Trinajstić information content (AvgIpc) is 2.56. The van der Waals surface area contributed by atoms with Crippen molar-refractivity contribution in [2.75, 3.05) is 18.1 Å². The monoisotopic (exact) mass is 205 g/mol. The standard InChI is InChI=1S/C9H19NO2S/c10-5-9(11)7-13(12)6-8-3-1-2-4-8/h8-9,11H,1-7,10H2. The van der Waals surface area contributed by atoms with E-state index in [-0.39, 0.29) is 6.54 Å². The molecule has 0 aromatic carbocycles. The Morgan fingerprint density at radius 3 is 2.62 bits per heavy atom. The molecule has 2 atom stereocenters. The van der Waals surface area contributed by atoms with Gasteiger partial charge >= 0.3 is 0 Å². The second-order valence-corrected chi connectivity index (χ2v) is 5.36. The van der Waals surface area contributed by atoms with E-state index in [4.69, 9.17) is 5.73 Å². The fraction of sp³-hybridized carbons (Fsp3) is 1.00. The van der Waals surface area contributed by atoms with Gasteiger partial charge in [0.2, 0.25) is 0 Å². The normalized spacial score (nSPS) is 23.2. The van der Waals surface area contributed by atoms with Gasteiger partial charge in [0, 0.05) is 23.1 Å². The number of hydrogen-bond acceptors (Lipinski definition) is 3. The molecule has 0 bridgehead atoms. The third-order valence-corrected chi connectivity index (χ3v) is 4.15. The van der Waals surface area contributed by atoms with Crippen LogP contribution in [0.2, 0.25) is 0 Å². The molecule has 3 N–H and O–H groups in total. The SMILES string of the molecule is NCC(O)CS(=O)CC1CCCC1. The summed E-state index contributed by atoms with van der Waals surface area (Å²) in [6, 6.07) is 0. The lowest BCUT2D eigenvalue weighted by Crippen LogP contribution is -2.27. The van der Waals surface area contributed by atoms with E-state index >= 15 is 0 Å². The van der Waals surface area contributed by atoms with Gasteiger partial charge in [-0.15, -0.1) is 0 Å². The highest BCUT2D eigenvalue weighted by Gasteiger charge is 2.18. The quantitative estimate of drug-likeness (QED) is 0.676. The van der Waals surface area contributed by atoms with Gasteiger partial charge in [-0.1, -0.05) is 12.8 Å². The third kappa shape index (κ3) is 4.20. The molecule has 4 heteroatoms. The average molecular weight is 205 g/mol. The minimum absolute atomic E-state index is 0.219. The summed E-state index contributed by atoms with van der Waals surface area (Å²) >= 11 is 0. The molecule has 3 nitrogen and oxygen atoms in total. The summed E-state index contributed by atoms with van der Waals surface area (Å²) in [5, 5.41) is 9.18. The van der Waals surface area contributed by atoms with E-state index in [0.717, 1.165) is 5.75 Å². The molecular formula is C9H19NO2S. The second kappa shape index (κ2) is 5.73. The molecular weight excluding hydrogens is 186 g/mol. The Bertz CT molecular complexity index is 169. The predicted octanol–water partition coefficient (Wildman–Crippen LogP) is 0.245. The first-order chi connectivity index (χ1) is 6.22. The first-order valence-corrected chi connectivity index (χ1v) is 6.44. The van der Waals surface area contributed by atoms with Gasteiger partial charge in [-0.25, -0.2) is 0 Å². The van der Waals surface area contributed by atoms with Crippen LogP contribution in [0.5, 0.6) is 0 Å². The fourth-order valence-electron chi connectivity index (χ4n) is 1.79. The minimum Gasteiger partial charge on any atom is -0.391 e. The number of aliphatic hydroxyl groups excluding tert-OH is 1. The molecule has 1 aliphatic carbocycles. The van der Waals surface area contributed by atoms with Crippen LogP contribution in [0.1, 0.15) is 25.7 Å². The highest BCUT2D eigenvalue weighted by atomic mass is 32.2. The Morgan fingerprint density at radius 1 is 1.46 bits per heavy atom. The lowest BCUT2D eigenvalue weighted by atomic mass is 10.1. The van der Waals surface area contributed by atoms with Crippen LogP contribution in [0.3, 0.4) is 0 Å². The molecule has 0 spiro atoms. The van der Waals surface area contributed by atoms with Gasteiger partial charge in [0.15, 0.2) is 0 Å². The van der Waals surface area contributed by atoms with Crippen LogP contribution >= 0.6 is 0 Å². The zero-order valence-corrected chi connectivity index (χ0v) is 8.76. The van der Waals surface area contributed by atoms with Gasteiger partial charge in [-0.05, 0) is 18.8 Å². The van der Waals surface area contributed by atoms with E-state index < -0.39 is 16.9 Å². The smallest absolute Gasteiger partial charge is 0.0777 e. The van der Waals surface area contributed by atoms with E-state index in [9.17, 15) is 9.32 Å². The molecule has 2 unspecified atom stereocenters. The van der Waals surface area contributed by atoms with Gasteiger partial charge in [0.1, 0.15) is 0 Å². The van der Waals surface area contributed by atoms with Crippen LogP contribution < -0.4 is 5.73 Å². The molecule has 13 heavy (non-hydrogen) atoms. The Labute approximate surface area is 82.2 Å². The number of rotatable bonds is 5. The zero-order chi connectivity index (χ0) is 9.68. The van der Waals surface area contributed by atoms with E-state index in [0.29, 0.717) is 11.7 Å². The highest BCUT2D eigenvalue weighted by Crippen LogP contribution is 2.25. The van der Waals surface area contributed by atoms with Crippen molar-refractivity contribution in [1.82, 2.24) is 0 Å². The van der Waals surface area contributed by atoms with Crippen molar-refractivity contribution in [2.24, 2.45) is 11.7 Å². The van der Waals surface area contributed by atoms with Crippen molar-refractivity contribution in [3.05, 3.63) is 0 Å². The van der Waals surface area contributed by atoms with E-state index in [1.807, 2.05) is 0 Å². The van der Waals surface area contributed by atoms with Crippen molar-refractivity contribution in [3.8, 4) is 0 Å². The molecule has 0 amide bonds. The Morgan fingerprint density at radius 2 is 2.08 bits per heavy atom. The van der Waals surface area contributed by atoms with Gasteiger partial charge < -0.3 is 10.8 Å². The number of nitrogens with two attached hydrogens (primary N) is 1. The molecule has 78 valence electrons. The molecule has 0 aromatic heterocycles. The van der Waals surface area contributed by atoms with Crippen LogP contribution in [0.15, 0.2) is 0 Å². The maximum atomic E-state index is 11.5. The first kappa shape index (κ1) is 11.1. The topological polar surface area (TPSA) is 63.3 Å². The molecule has 1 fully saturated rings. The number of hydrogen-bond donors (Lipinski definition) is 2. The molecule has 1 aliphatic rings. The van der Waals surface area contributed by atoms with Gasteiger partial charge in [-0.2, -0.15) is 0 Å². The maximum absolute atomic E-state index is 11.5. The summed E-state index contributed by atoms with van der Waals surface area (Å²) in [4.78, 5) is 0. The Kier molecular flexibility index (Phi) is 4.91. The summed E-state index contributed by atoms with van der Waals surface area (Å²) in [5.41, 5.74) is 5.24. The predicted molar refractivity (Wildman–Crippen MR) is 54.9 cm³/mol. The summed E-state index contributed by atoms with van der Waals surface area (Å²) in [6.45, 7) is 0.219. The lowest BCUT2D eigenvalue weighted by Gasteiger charge is -2.10. The Balaban J connectivity index is 2.16. The second-order valence-electron chi connectivity index (χ2n) is 3.81. The Hall–Kier alpha value is 0.0700. The summed E-state index contributed by atoms with van der Waals surface area (Å²) in [5.74, 6) is 1.75.